The molecule has 118 valence electrons. The largest absolute Gasteiger partial charge is 0.335 e. The third kappa shape index (κ3) is 7.09. The summed E-state index contributed by atoms with van der Waals surface area (Å²) in [7, 11) is 4.09. The summed E-state index contributed by atoms with van der Waals surface area (Å²) in [6, 6.07) is 3.82. The van der Waals surface area contributed by atoms with Crippen LogP contribution < -0.4 is 10.6 Å². The Labute approximate surface area is 128 Å². The topological polar surface area (TPSA) is 57.3 Å². The second kappa shape index (κ2) is 7.98. The van der Waals surface area contributed by atoms with Crippen molar-refractivity contribution >= 4 is 6.03 Å². The Morgan fingerprint density at radius 1 is 1.38 bits per heavy atom. The fourth-order valence-corrected chi connectivity index (χ4v) is 2.00. The monoisotopic (exact) mass is 292 g/mol. The van der Waals surface area contributed by atoms with E-state index in [4.69, 9.17) is 0 Å². The lowest BCUT2D eigenvalue weighted by Crippen LogP contribution is -2.48. The molecule has 0 aliphatic carbocycles. The number of hydrogen-bond acceptors (Lipinski definition) is 3. The van der Waals surface area contributed by atoms with Crippen LogP contribution in [0.5, 0.6) is 0 Å². The molecule has 1 heterocycles. The van der Waals surface area contributed by atoms with Crippen LogP contribution in [0.2, 0.25) is 0 Å². The highest BCUT2D eigenvalue weighted by Gasteiger charge is 2.25. The number of rotatable bonds is 6. The average molecular weight is 292 g/mol. The molecule has 0 spiro atoms. The Kier molecular flexibility index (Phi) is 6.62. The molecule has 2 amide bonds. The summed E-state index contributed by atoms with van der Waals surface area (Å²) in [4.78, 5) is 18.2. The van der Waals surface area contributed by atoms with Gasteiger partial charge in [0.25, 0.3) is 0 Å². The summed E-state index contributed by atoms with van der Waals surface area (Å²) < 4.78 is 0. The second-order valence-corrected chi connectivity index (χ2v) is 6.70. The fraction of sp³-hybridized carbons (Fsp3) is 0.625. The van der Waals surface area contributed by atoms with Crippen molar-refractivity contribution in [3.05, 3.63) is 30.1 Å². The van der Waals surface area contributed by atoms with Crippen molar-refractivity contribution in [1.29, 1.82) is 0 Å². The van der Waals surface area contributed by atoms with Crippen LogP contribution in [0.1, 0.15) is 32.8 Å². The third-order valence-corrected chi connectivity index (χ3v) is 3.39. The zero-order valence-corrected chi connectivity index (χ0v) is 13.8. The van der Waals surface area contributed by atoms with E-state index < -0.39 is 0 Å². The molecule has 0 aromatic carbocycles. The molecule has 0 aliphatic heterocycles. The van der Waals surface area contributed by atoms with E-state index in [9.17, 15) is 4.79 Å². The van der Waals surface area contributed by atoms with Gasteiger partial charge in [-0.15, -0.1) is 0 Å². The van der Waals surface area contributed by atoms with Gasteiger partial charge in [0.1, 0.15) is 0 Å². The lowest BCUT2D eigenvalue weighted by Gasteiger charge is -2.32. The first kappa shape index (κ1) is 17.4. The molecule has 0 fully saturated rings. The first-order valence-corrected chi connectivity index (χ1v) is 7.37. The number of hydrogen-bond donors (Lipinski definition) is 2. The van der Waals surface area contributed by atoms with Crippen molar-refractivity contribution in [3.8, 4) is 0 Å². The van der Waals surface area contributed by atoms with Gasteiger partial charge in [0.2, 0.25) is 0 Å². The highest BCUT2D eigenvalue weighted by Crippen LogP contribution is 2.21. The minimum Gasteiger partial charge on any atom is -0.335 e. The number of carbonyl (C=O) groups excluding carboxylic acids is 1. The maximum atomic E-state index is 12.1. The summed E-state index contributed by atoms with van der Waals surface area (Å²) in [5.74, 6) is 0. The van der Waals surface area contributed by atoms with E-state index in [0.717, 1.165) is 18.5 Å². The summed E-state index contributed by atoms with van der Waals surface area (Å²) in [5, 5.41) is 5.97. The van der Waals surface area contributed by atoms with Gasteiger partial charge in [-0.05, 0) is 44.1 Å². The molecule has 2 N–H and O–H groups in total. The van der Waals surface area contributed by atoms with Crippen LogP contribution in [0, 0.1) is 5.41 Å². The van der Waals surface area contributed by atoms with Gasteiger partial charge in [0, 0.05) is 25.0 Å². The SMILES string of the molecule is CN(C)CC[C@H](NC(=O)NCc1cccnc1)C(C)(C)C. The Hall–Kier alpha value is -1.62. The first-order valence-electron chi connectivity index (χ1n) is 7.37. The van der Waals surface area contributed by atoms with Crippen LogP contribution >= 0.6 is 0 Å². The van der Waals surface area contributed by atoms with Gasteiger partial charge in [0.05, 0.1) is 0 Å². The van der Waals surface area contributed by atoms with Gasteiger partial charge in [-0.2, -0.15) is 0 Å². The molecule has 0 saturated heterocycles. The number of nitrogens with one attached hydrogen (secondary N) is 2. The van der Waals surface area contributed by atoms with E-state index in [1.165, 1.54) is 0 Å². The smallest absolute Gasteiger partial charge is 0.315 e. The molecule has 21 heavy (non-hydrogen) atoms. The minimum atomic E-state index is -0.127. The predicted octanol–water partition coefficient (Wildman–Crippen LogP) is 2.25. The van der Waals surface area contributed by atoms with Crippen molar-refractivity contribution in [2.75, 3.05) is 20.6 Å². The molecule has 1 rings (SSSR count). The van der Waals surface area contributed by atoms with Crippen molar-refractivity contribution < 1.29 is 4.79 Å². The number of amides is 2. The van der Waals surface area contributed by atoms with Crippen LogP contribution in [0.15, 0.2) is 24.5 Å². The van der Waals surface area contributed by atoms with Crippen molar-refractivity contribution in [2.24, 2.45) is 5.41 Å². The molecule has 1 aromatic rings. The second-order valence-electron chi connectivity index (χ2n) is 6.70. The Morgan fingerprint density at radius 3 is 2.62 bits per heavy atom. The van der Waals surface area contributed by atoms with E-state index in [1.54, 1.807) is 12.4 Å². The van der Waals surface area contributed by atoms with Crippen molar-refractivity contribution in [3.63, 3.8) is 0 Å². The van der Waals surface area contributed by atoms with Crippen LogP contribution in [0.3, 0.4) is 0 Å². The molecule has 5 heteroatoms. The van der Waals surface area contributed by atoms with Crippen LogP contribution in [0.25, 0.3) is 0 Å². The number of urea groups is 1. The van der Waals surface area contributed by atoms with Gasteiger partial charge in [0.15, 0.2) is 0 Å². The molecule has 0 unspecified atom stereocenters. The maximum absolute atomic E-state index is 12.1. The number of nitrogens with zero attached hydrogens (tertiary/aromatic N) is 2. The summed E-state index contributed by atoms with van der Waals surface area (Å²) in [6.07, 6.45) is 4.41. The van der Waals surface area contributed by atoms with Gasteiger partial charge < -0.3 is 15.5 Å². The molecule has 5 nitrogen and oxygen atoms in total. The third-order valence-electron chi connectivity index (χ3n) is 3.39. The van der Waals surface area contributed by atoms with Crippen molar-refractivity contribution in [2.45, 2.75) is 39.8 Å². The van der Waals surface area contributed by atoms with E-state index in [-0.39, 0.29) is 17.5 Å². The fourth-order valence-electron chi connectivity index (χ4n) is 2.00. The lowest BCUT2D eigenvalue weighted by molar-refractivity contribution is 0.206. The highest BCUT2D eigenvalue weighted by atomic mass is 16.2. The summed E-state index contributed by atoms with van der Waals surface area (Å²) in [5.41, 5.74) is 1.02. The molecule has 0 bridgehead atoms. The van der Waals surface area contributed by atoms with Gasteiger partial charge in [-0.1, -0.05) is 26.8 Å². The molecule has 1 atom stereocenters. The Bertz CT molecular complexity index is 426. The first-order chi connectivity index (χ1) is 9.79. The molecule has 0 saturated carbocycles. The van der Waals surface area contributed by atoms with E-state index >= 15 is 0 Å². The van der Waals surface area contributed by atoms with Gasteiger partial charge >= 0.3 is 6.03 Å². The van der Waals surface area contributed by atoms with Crippen LogP contribution in [0.4, 0.5) is 4.79 Å². The van der Waals surface area contributed by atoms with Crippen LogP contribution in [-0.4, -0.2) is 42.6 Å². The maximum Gasteiger partial charge on any atom is 0.315 e. The zero-order valence-electron chi connectivity index (χ0n) is 13.8. The van der Waals surface area contributed by atoms with E-state index in [0.29, 0.717) is 6.54 Å². The molecule has 1 aromatic heterocycles. The molecule has 0 aliphatic rings. The Morgan fingerprint density at radius 2 is 2.10 bits per heavy atom. The standard InChI is InChI=1S/C16H28N4O/c1-16(2,3)14(8-10-20(4)5)19-15(21)18-12-13-7-6-9-17-11-13/h6-7,9,11,14H,8,10,12H2,1-5H3,(H2,18,19,21)/t14-/m0/s1. The molecule has 0 radical (unpaired) electrons. The molecular formula is C16H28N4O. The summed E-state index contributed by atoms with van der Waals surface area (Å²) in [6.45, 7) is 7.88. The lowest BCUT2D eigenvalue weighted by atomic mass is 9.85. The normalized spacial score (nSPS) is 13.0. The van der Waals surface area contributed by atoms with Gasteiger partial charge in [-0.3, -0.25) is 4.98 Å². The van der Waals surface area contributed by atoms with Crippen molar-refractivity contribution in [1.82, 2.24) is 20.5 Å². The van der Waals surface area contributed by atoms with Gasteiger partial charge in [-0.25, -0.2) is 4.79 Å². The van der Waals surface area contributed by atoms with Crippen LogP contribution in [-0.2, 0) is 6.54 Å². The Balaban J connectivity index is 2.48. The molecular weight excluding hydrogens is 264 g/mol. The van der Waals surface area contributed by atoms with E-state index in [2.05, 4.69) is 41.3 Å². The predicted molar refractivity (Wildman–Crippen MR) is 86.0 cm³/mol. The average Bonchev–Trinajstić information content (AvgIpc) is 2.41. The number of carbonyl (C=O) groups is 1. The van der Waals surface area contributed by atoms with E-state index in [1.807, 2.05) is 26.2 Å². The number of aromatic nitrogens is 1. The number of pyridine rings is 1. The summed E-state index contributed by atoms with van der Waals surface area (Å²) >= 11 is 0. The quantitative estimate of drug-likeness (QED) is 0.845. The zero-order chi connectivity index (χ0) is 15.9. The highest BCUT2D eigenvalue weighted by molar-refractivity contribution is 5.74. The minimum absolute atomic E-state index is 0.0294.